The van der Waals surface area contributed by atoms with E-state index >= 15 is 0 Å². The zero-order valence-electron chi connectivity index (χ0n) is 12.4. The minimum Gasteiger partial charge on any atom is -0.368 e. The van der Waals surface area contributed by atoms with Crippen LogP contribution in [0.15, 0.2) is 35.5 Å². The van der Waals surface area contributed by atoms with Gasteiger partial charge in [0.05, 0.1) is 11.1 Å². The second kappa shape index (κ2) is 5.35. The maximum atomic E-state index is 12.2. The van der Waals surface area contributed by atoms with Crippen LogP contribution in [0.4, 0.5) is 11.8 Å². The summed E-state index contributed by atoms with van der Waals surface area (Å²) < 4.78 is 0. The van der Waals surface area contributed by atoms with Gasteiger partial charge in [0.25, 0.3) is 5.56 Å². The summed E-state index contributed by atoms with van der Waals surface area (Å²) >= 11 is 0. The number of nitrogens with two attached hydrogens (primary N) is 1. The molecule has 0 aliphatic heterocycles. The molecule has 3 aromatic heterocycles. The molecule has 3 aromatic rings. The molecule has 7 heteroatoms. The fraction of sp³-hybridized carbons (Fsp3) is 0.250. The number of nitrogens with zero attached hydrogens (tertiary/aromatic N) is 3. The number of rotatable bonds is 3. The Labute approximate surface area is 132 Å². The van der Waals surface area contributed by atoms with Gasteiger partial charge in [0.15, 0.2) is 0 Å². The molecule has 1 saturated carbocycles. The van der Waals surface area contributed by atoms with Gasteiger partial charge in [0.2, 0.25) is 5.95 Å². The van der Waals surface area contributed by atoms with Crippen LogP contribution in [-0.4, -0.2) is 26.0 Å². The standard InChI is InChI=1S/C16H16N6O/c17-16-19-7-10(8-20-16)12-6-9-4-5-18-15(23)13(9)14(22-12)21-11-2-1-3-11/h4-8,11H,1-3H2,(H,18,23)(H,21,22)(H2,17,19,20). The van der Waals surface area contributed by atoms with Crippen LogP contribution in [0, 0.1) is 0 Å². The molecule has 1 aliphatic rings. The van der Waals surface area contributed by atoms with Gasteiger partial charge >= 0.3 is 0 Å². The molecule has 4 rings (SSSR count). The lowest BCUT2D eigenvalue weighted by Gasteiger charge is -2.27. The quantitative estimate of drug-likeness (QED) is 0.682. The SMILES string of the molecule is Nc1ncc(-c2cc3cc[nH]c(=O)c3c(NC3CCC3)n2)cn1. The molecule has 0 spiro atoms. The van der Waals surface area contributed by atoms with Gasteiger partial charge in [0.1, 0.15) is 5.82 Å². The van der Waals surface area contributed by atoms with Gasteiger partial charge in [-0.25, -0.2) is 15.0 Å². The number of nitrogen functional groups attached to an aromatic ring is 1. The van der Waals surface area contributed by atoms with E-state index in [1.54, 1.807) is 18.6 Å². The average Bonchev–Trinajstić information content (AvgIpc) is 2.51. The summed E-state index contributed by atoms with van der Waals surface area (Å²) in [5.41, 5.74) is 6.87. The fourth-order valence-corrected chi connectivity index (χ4v) is 2.68. The Kier molecular flexibility index (Phi) is 3.18. The predicted molar refractivity (Wildman–Crippen MR) is 89.1 cm³/mol. The van der Waals surface area contributed by atoms with E-state index in [1.807, 2.05) is 12.1 Å². The lowest BCUT2D eigenvalue weighted by atomic mass is 9.93. The minimum absolute atomic E-state index is 0.142. The molecule has 116 valence electrons. The zero-order valence-corrected chi connectivity index (χ0v) is 12.4. The van der Waals surface area contributed by atoms with Crippen molar-refractivity contribution in [2.24, 2.45) is 0 Å². The second-order valence-electron chi connectivity index (χ2n) is 5.73. The normalized spacial score (nSPS) is 14.6. The predicted octanol–water partition coefficient (Wildman–Crippen LogP) is 1.93. The van der Waals surface area contributed by atoms with Crippen molar-refractivity contribution >= 4 is 22.5 Å². The lowest BCUT2D eigenvalue weighted by Crippen LogP contribution is -2.28. The molecular weight excluding hydrogens is 292 g/mol. The first kappa shape index (κ1) is 13.7. The monoisotopic (exact) mass is 308 g/mol. The van der Waals surface area contributed by atoms with E-state index in [0.29, 0.717) is 22.9 Å². The molecule has 0 unspecified atom stereocenters. The first-order valence-corrected chi connectivity index (χ1v) is 7.57. The number of anilines is 2. The van der Waals surface area contributed by atoms with E-state index in [9.17, 15) is 4.79 Å². The van der Waals surface area contributed by atoms with Crippen LogP contribution in [0.1, 0.15) is 19.3 Å². The minimum atomic E-state index is -0.142. The summed E-state index contributed by atoms with van der Waals surface area (Å²) in [5, 5.41) is 4.80. The van der Waals surface area contributed by atoms with Gasteiger partial charge in [-0.1, -0.05) is 0 Å². The molecular formula is C16H16N6O. The van der Waals surface area contributed by atoms with Gasteiger partial charge in [-0.3, -0.25) is 4.79 Å². The van der Waals surface area contributed by atoms with E-state index < -0.39 is 0 Å². The third-order valence-electron chi connectivity index (χ3n) is 4.17. The maximum Gasteiger partial charge on any atom is 0.259 e. The topological polar surface area (TPSA) is 110 Å². The summed E-state index contributed by atoms with van der Waals surface area (Å²) in [6.45, 7) is 0. The molecule has 7 nitrogen and oxygen atoms in total. The van der Waals surface area contributed by atoms with Gasteiger partial charge in [-0.05, 0) is 36.8 Å². The van der Waals surface area contributed by atoms with Gasteiger partial charge in [0, 0.05) is 30.2 Å². The number of hydrogen-bond donors (Lipinski definition) is 3. The highest BCUT2D eigenvalue weighted by Crippen LogP contribution is 2.28. The van der Waals surface area contributed by atoms with Gasteiger partial charge in [-0.2, -0.15) is 0 Å². The number of pyridine rings is 2. The Hall–Kier alpha value is -2.96. The molecule has 0 aromatic carbocycles. The Balaban J connectivity index is 1.88. The van der Waals surface area contributed by atoms with E-state index in [-0.39, 0.29) is 11.5 Å². The van der Waals surface area contributed by atoms with Crippen molar-refractivity contribution in [2.45, 2.75) is 25.3 Å². The number of aromatic nitrogens is 4. The van der Waals surface area contributed by atoms with Crippen LogP contribution in [0.3, 0.4) is 0 Å². The first-order valence-electron chi connectivity index (χ1n) is 7.57. The molecule has 0 saturated heterocycles. The summed E-state index contributed by atoms with van der Waals surface area (Å²) in [6, 6.07) is 4.11. The van der Waals surface area contributed by atoms with Crippen molar-refractivity contribution < 1.29 is 0 Å². The van der Waals surface area contributed by atoms with Crippen molar-refractivity contribution in [1.82, 2.24) is 19.9 Å². The van der Waals surface area contributed by atoms with Crippen LogP contribution in [0.5, 0.6) is 0 Å². The first-order chi connectivity index (χ1) is 11.2. The third-order valence-corrected chi connectivity index (χ3v) is 4.17. The number of nitrogens with one attached hydrogen (secondary N) is 2. The summed E-state index contributed by atoms with van der Waals surface area (Å²) in [7, 11) is 0. The van der Waals surface area contributed by atoms with Crippen LogP contribution in [-0.2, 0) is 0 Å². The Bertz CT molecular complexity index is 914. The fourth-order valence-electron chi connectivity index (χ4n) is 2.68. The van der Waals surface area contributed by atoms with Crippen molar-refractivity contribution in [3.05, 3.63) is 41.1 Å². The maximum absolute atomic E-state index is 12.2. The van der Waals surface area contributed by atoms with Crippen LogP contribution < -0.4 is 16.6 Å². The molecule has 1 fully saturated rings. The van der Waals surface area contributed by atoms with Crippen LogP contribution >= 0.6 is 0 Å². The van der Waals surface area contributed by atoms with Crippen molar-refractivity contribution in [3.63, 3.8) is 0 Å². The van der Waals surface area contributed by atoms with Gasteiger partial charge in [-0.15, -0.1) is 0 Å². The van der Waals surface area contributed by atoms with E-state index in [0.717, 1.165) is 23.8 Å². The molecule has 4 N–H and O–H groups in total. The molecule has 3 heterocycles. The number of hydrogen-bond acceptors (Lipinski definition) is 6. The highest BCUT2D eigenvalue weighted by molar-refractivity contribution is 5.93. The van der Waals surface area contributed by atoms with E-state index in [2.05, 4.69) is 25.3 Å². The Morgan fingerprint density at radius 2 is 2.04 bits per heavy atom. The molecule has 0 bridgehead atoms. The Morgan fingerprint density at radius 3 is 2.74 bits per heavy atom. The van der Waals surface area contributed by atoms with Crippen molar-refractivity contribution in [3.8, 4) is 11.3 Å². The summed E-state index contributed by atoms with van der Waals surface area (Å²) in [4.78, 5) is 27.6. The molecule has 0 amide bonds. The average molecular weight is 308 g/mol. The molecule has 0 atom stereocenters. The highest BCUT2D eigenvalue weighted by atomic mass is 16.1. The second-order valence-corrected chi connectivity index (χ2v) is 5.73. The largest absolute Gasteiger partial charge is 0.368 e. The van der Waals surface area contributed by atoms with Crippen molar-refractivity contribution in [2.75, 3.05) is 11.1 Å². The van der Waals surface area contributed by atoms with Gasteiger partial charge < -0.3 is 16.0 Å². The molecule has 0 radical (unpaired) electrons. The summed E-state index contributed by atoms with van der Waals surface area (Å²) in [5.74, 6) is 0.833. The number of fused-ring (bicyclic) bond motifs is 1. The molecule has 1 aliphatic carbocycles. The third kappa shape index (κ3) is 2.50. The van der Waals surface area contributed by atoms with E-state index in [4.69, 9.17) is 5.73 Å². The van der Waals surface area contributed by atoms with Crippen LogP contribution in [0.25, 0.3) is 22.0 Å². The highest BCUT2D eigenvalue weighted by Gasteiger charge is 2.20. The smallest absolute Gasteiger partial charge is 0.259 e. The number of aromatic amines is 1. The lowest BCUT2D eigenvalue weighted by molar-refractivity contribution is 0.445. The van der Waals surface area contributed by atoms with Crippen molar-refractivity contribution in [1.29, 1.82) is 0 Å². The van der Waals surface area contributed by atoms with Crippen LogP contribution in [0.2, 0.25) is 0 Å². The zero-order chi connectivity index (χ0) is 15.8. The van der Waals surface area contributed by atoms with E-state index in [1.165, 1.54) is 6.42 Å². The summed E-state index contributed by atoms with van der Waals surface area (Å²) in [6.07, 6.45) is 8.32. The molecule has 23 heavy (non-hydrogen) atoms. The number of H-pyrrole nitrogens is 1. The Morgan fingerprint density at radius 1 is 1.26 bits per heavy atom.